The van der Waals surface area contributed by atoms with Crippen molar-refractivity contribution in [3.8, 4) is 5.75 Å². The van der Waals surface area contributed by atoms with Crippen molar-refractivity contribution in [3.05, 3.63) is 29.3 Å². The van der Waals surface area contributed by atoms with Gasteiger partial charge in [0.25, 0.3) is 0 Å². The lowest BCUT2D eigenvalue weighted by atomic mass is 10.0. The Morgan fingerprint density at radius 3 is 2.82 bits per heavy atom. The quantitative estimate of drug-likeness (QED) is 0.363. The average Bonchev–Trinajstić information content (AvgIpc) is 2.71. The first-order valence-electron chi connectivity index (χ1n) is 10.5. The predicted octanol–water partition coefficient (Wildman–Crippen LogP) is 3.45. The minimum absolute atomic E-state index is 0.0948. The molecule has 0 amide bonds. The summed E-state index contributed by atoms with van der Waals surface area (Å²) in [5, 5.41) is 6.80. The molecule has 0 radical (unpaired) electrons. The van der Waals surface area contributed by atoms with Crippen molar-refractivity contribution >= 4 is 5.96 Å². The van der Waals surface area contributed by atoms with E-state index in [1.165, 1.54) is 5.56 Å². The standard InChI is InChI=1S/C22H37N3O3/c1-5-23-22(24-11-6-12-28-16-19-9-13-27-14-10-19)25-18(3)20-15-17(2)7-8-21(20)26-4/h7-8,15,18-19H,5-6,9-14,16H2,1-4H3,(H2,23,24,25). The summed E-state index contributed by atoms with van der Waals surface area (Å²) in [5.74, 6) is 2.37. The second-order valence-electron chi connectivity index (χ2n) is 7.36. The van der Waals surface area contributed by atoms with E-state index in [4.69, 9.17) is 19.2 Å². The van der Waals surface area contributed by atoms with Crippen LogP contribution in [0.15, 0.2) is 23.2 Å². The topological polar surface area (TPSA) is 64.1 Å². The van der Waals surface area contributed by atoms with E-state index in [1.807, 2.05) is 6.07 Å². The minimum atomic E-state index is 0.0948. The maximum Gasteiger partial charge on any atom is 0.191 e. The van der Waals surface area contributed by atoms with E-state index in [9.17, 15) is 0 Å². The van der Waals surface area contributed by atoms with Crippen molar-refractivity contribution in [1.29, 1.82) is 0 Å². The molecule has 1 aromatic carbocycles. The van der Waals surface area contributed by atoms with Crippen LogP contribution in [-0.2, 0) is 9.47 Å². The van der Waals surface area contributed by atoms with Crippen LogP contribution in [0, 0.1) is 12.8 Å². The van der Waals surface area contributed by atoms with E-state index in [0.29, 0.717) is 5.92 Å². The van der Waals surface area contributed by atoms with Crippen LogP contribution >= 0.6 is 0 Å². The lowest BCUT2D eigenvalue weighted by Gasteiger charge is -2.21. The number of methoxy groups -OCH3 is 1. The molecule has 0 saturated carbocycles. The number of nitrogens with zero attached hydrogens (tertiary/aromatic N) is 1. The molecule has 1 fully saturated rings. The molecule has 1 unspecified atom stereocenters. The molecule has 0 spiro atoms. The molecule has 1 aliphatic heterocycles. The van der Waals surface area contributed by atoms with Crippen molar-refractivity contribution in [2.24, 2.45) is 10.9 Å². The second kappa shape index (κ2) is 12.6. The van der Waals surface area contributed by atoms with Gasteiger partial charge >= 0.3 is 0 Å². The highest BCUT2D eigenvalue weighted by molar-refractivity contribution is 5.80. The first-order valence-corrected chi connectivity index (χ1v) is 10.5. The van der Waals surface area contributed by atoms with Gasteiger partial charge in [0.1, 0.15) is 5.75 Å². The van der Waals surface area contributed by atoms with E-state index in [0.717, 1.165) is 76.1 Å². The fraction of sp³-hybridized carbons (Fsp3) is 0.682. The third-order valence-electron chi connectivity index (χ3n) is 4.96. The van der Waals surface area contributed by atoms with Gasteiger partial charge in [-0.3, -0.25) is 4.99 Å². The van der Waals surface area contributed by atoms with Crippen LogP contribution in [0.4, 0.5) is 0 Å². The van der Waals surface area contributed by atoms with Crippen molar-refractivity contribution < 1.29 is 14.2 Å². The molecule has 0 bridgehead atoms. The summed E-state index contributed by atoms with van der Waals surface area (Å²) in [6, 6.07) is 6.33. The van der Waals surface area contributed by atoms with Crippen LogP contribution in [0.25, 0.3) is 0 Å². The molecule has 6 nitrogen and oxygen atoms in total. The Morgan fingerprint density at radius 1 is 1.32 bits per heavy atom. The molecule has 2 N–H and O–H groups in total. The summed E-state index contributed by atoms with van der Waals surface area (Å²) in [7, 11) is 1.71. The molecule has 1 saturated heterocycles. The Labute approximate surface area is 170 Å². The number of benzene rings is 1. The zero-order valence-electron chi connectivity index (χ0n) is 17.9. The molecule has 28 heavy (non-hydrogen) atoms. The molecule has 1 heterocycles. The predicted molar refractivity (Wildman–Crippen MR) is 114 cm³/mol. The second-order valence-corrected chi connectivity index (χ2v) is 7.36. The number of guanidine groups is 1. The molecular formula is C22H37N3O3. The van der Waals surface area contributed by atoms with E-state index in [-0.39, 0.29) is 6.04 Å². The summed E-state index contributed by atoms with van der Waals surface area (Å²) in [6.45, 7) is 11.2. The summed E-state index contributed by atoms with van der Waals surface area (Å²) in [5.41, 5.74) is 2.35. The van der Waals surface area contributed by atoms with Crippen LogP contribution in [0.5, 0.6) is 5.75 Å². The van der Waals surface area contributed by atoms with Crippen molar-refractivity contribution in [1.82, 2.24) is 10.6 Å². The molecule has 2 rings (SSSR count). The Morgan fingerprint density at radius 2 is 2.11 bits per heavy atom. The monoisotopic (exact) mass is 391 g/mol. The maximum absolute atomic E-state index is 5.83. The number of rotatable bonds is 10. The lowest BCUT2D eigenvalue weighted by Crippen LogP contribution is -2.39. The first kappa shape index (κ1) is 22.5. The molecule has 158 valence electrons. The highest BCUT2D eigenvalue weighted by atomic mass is 16.5. The fourth-order valence-electron chi connectivity index (χ4n) is 3.32. The van der Waals surface area contributed by atoms with E-state index < -0.39 is 0 Å². The summed E-state index contributed by atoms with van der Waals surface area (Å²) in [6.07, 6.45) is 3.15. The smallest absolute Gasteiger partial charge is 0.191 e. The van der Waals surface area contributed by atoms with E-state index >= 15 is 0 Å². The molecule has 1 aliphatic rings. The Balaban J connectivity index is 1.78. The van der Waals surface area contributed by atoms with Crippen LogP contribution in [0.1, 0.15) is 50.3 Å². The lowest BCUT2D eigenvalue weighted by molar-refractivity contribution is 0.0205. The number of ether oxygens (including phenoxy) is 3. The van der Waals surface area contributed by atoms with Crippen LogP contribution < -0.4 is 15.4 Å². The molecular weight excluding hydrogens is 354 g/mol. The van der Waals surface area contributed by atoms with Gasteiger partial charge in [0.05, 0.1) is 13.2 Å². The number of aliphatic imine (C=N–C) groups is 1. The van der Waals surface area contributed by atoms with Gasteiger partial charge in [0, 0.05) is 45.1 Å². The van der Waals surface area contributed by atoms with Gasteiger partial charge in [-0.25, -0.2) is 0 Å². The molecule has 1 atom stereocenters. The molecule has 1 aromatic rings. The van der Waals surface area contributed by atoms with Gasteiger partial charge in [0.15, 0.2) is 5.96 Å². The molecule has 0 aromatic heterocycles. The minimum Gasteiger partial charge on any atom is -0.496 e. The van der Waals surface area contributed by atoms with E-state index in [1.54, 1.807) is 7.11 Å². The molecule has 6 heteroatoms. The Kier molecular flexibility index (Phi) is 10.1. The maximum atomic E-state index is 5.83. The van der Waals surface area contributed by atoms with Crippen molar-refractivity contribution in [3.63, 3.8) is 0 Å². The third kappa shape index (κ3) is 7.68. The Bertz CT molecular complexity index is 601. The van der Waals surface area contributed by atoms with Gasteiger partial charge < -0.3 is 24.8 Å². The SMILES string of the molecule is CCNC(=NCCCOCC1CCOCC1)NC(C)c1cc(C)ccc1OC. The number of hydrogen-bond donors (Lipinski definition) is 2. The normalized spacial score (nSPS) is 16.6. The van der Waals surface area contributed by atoms with Gasteiger partial charge in [-0.2, -0.15) is 0 Å². The van der Waals surface area contributed by atoms with Gasteiger partial charge in [-0.1, -0.05) is 17.7 Å². The molecule has 0 aliphatic carbocycles. The highest BCUT2D eigenvalue weighted by Gasteiger charge is 2.14. The van der Waals surface area contributed by atoms with Crippen molar-refractivity contribution in [2.75, 3.05) is 46.6 Å². The largest absolute Gasteiger partial charge is 0.496 e. The fourth-order valence-corrected chi connectivity index (χ4v) is 3.32. The summed E-state index contributed by atoms with van der Waals surface area (Å²) < 4.78 is 16.7. The number of nitrogens with one attached hydrogen (secondary N) is 2. The van der Waals surface area contributed by atoms with Crippen LogP contribution in [-0.4, -0.2) is 52.6 Å². The number of hydrogen-bond acceptors (Lipinski definition) is 4. The number of aryl methyl sites for hydroxylation is 1. The van der Waals surface area contributed by atoms with Crippen LogP contribution in [0.3, 0.4) is 0 Å². The highest BCUT2D eigenvalue weighted by Crippen LogP contribution is 2.25. The average molecular weight is 392 g/mol. The first-order chi connectivity index (χ1) is 13.6. The van der Waals surface area contributed by atoms with Gasteiger partial charge in [0.2, 0.25) is 0 Å². The third-order valence-corrected chi connectivity index (χ3v) is 4.96. The van der Waals surface area contributed by atoms with Crippen LogP contribution in [0.2, 0.25) is 0 Å². The zero-order valence-corrected chi connectivity index (χ0v) is 17.9. The zero-order chi connectivity index (χ0) is 20.2. The van der Waals surface area contributed by atoms with Gasteiger partial charge in [-0.05, 0) is 52.0 Å². The Hall–Kier alpha value is -1.79. The summed E-state index contributed by atoms with van der Waals surface area (Å²) in [4.78, 5) is 4.69. The summed E-state index contributed by atoms with van der Waals surface area (Å²) >= 11 is 0. The van der Waals surface area contributed by atoms with Gasteiger partial charge in [-0.15, -0.1) is 0 Å². The van der Waals surface area contributed by atoms with E-state index in [2.05, 4.69) is 43.5 Å². The van der Waals surface area contributed by atoms with Crippen molar-refractivity contribution in [2.45, 2.75) is 46.1 Å².